The largest absolute Gasteiger partial charge is 0.432 e. The summed E-state index contributed by atoms with van der Waals surface area (Å²) in [6, 6.07) is 11.8. The van der Waals surface area contributed by atoms with Gasteiger partial charge in [-0.25, -0.2) is 18.7 Å². The summed E-state index contributed by atoms with van der Waals surface area (Å²) in [6.45, 7) is -3.11. The van der Waals surface area contributed by atoms with Crippen molar-refractivity contribution in [3.8, 4) is 17.1 Å². The summed E-state index contributed by atoms with van der Waals surface area (Å²) in [4.78, 5) is 9.26. The van der Waals surface area contributed by atoms with Gasteiger partial charge in [0.1, 0.15) is 17.3 Å². The highest BCUT2D eigenvalue weighted by molar-refractivity contribution is 5.68. The minimum Gasteiger partial charge on any atom is -0.432 e. The molecule has 0 atom stereocenters. The fourth-order valence-electron chi connectivity index (χ4n) is 3.49. The first-order valence-electron chi connectivity index (χ1n) is 9.64. The monoisotopic (exact) mass is 428 g/mol. The van der Waals surface area contributed by atoms with Crippen molar-refractivity contribution in [2.45, 2.75) is 25.4 Å². The molecule has 0 saturated heterocycles. The van der Waals surface area contributed by atoms with Crippen LogP contribution >= 0.6 is 0 Å². The Kier molecular flexibility index (Phi) is 4.72. The van der Waals surface area contributed by atoms with Crippen LogP contribution in [0, 0.1) is 11.6 Å². The van der Waals surface area contributed by atoms with Crippen molar-refractivity contribution >= 4 is 17.2 Å². The maximum atomic E-state index is 14.0. The first kappa shape index (κ1) is 19.3. The number of nitrogens with one attached hydrogen (secondary N) is 1. The number of ether oxygens (including phenoxy) is 1. The number of nitrogens with zero attached hydrogens (tertiary/aromatic N) is 3. The minimum absolute atomic E-state index is 0.313. The Balaban J connectivity index is 1.50. The molecule has 1 fully saturated rings. The fourth-order valence-corrected chi connectivity index (χ4v) is 3.49. The van der Waals surface area contributed by atoms with Crippen molar-refractivity contribution in [2.75, 3.05) is 5.32 Å². The highest BCUT2D eigenvalue weighted by Crippen LogP contribution is 2.44. The lowest BCUT2D eigenvalue weighted by molar-refractivity contribution is -0.0521. The maximum absolute atomic E-state index is 14.0. The van der Waals surface area contributed by atoms with E-state index in [-0.39, 0.29) is 5.82 Å². The van der Waals surface area contributed by atoms with Crippen LogP contribution in [0.15, 0.2) is 54.7 Å². The van der Waals surface area contributed by atoms with Crippen molar-refractivity contribution < 1.29 is 22.3 Å². The zero-order chi connectivity index (χ0) is 21.5. The SMILES string of the molecule is Fc1ccc2nc(C3CC3)c(-c3cccc(Nc4ccc(OC(F)F)c(F)c4)n3)n2c1. The molecule has 5 nitrogen and oxygen atoms in total. The van der Waals surface area contributed by atoms with Crippen LogP contribution in [0.3, 0.4) is 0 Å². The van der Waals surface area contributed by atoms with Crippen molar-refractivity contribution in [2.24, 2.45) is 0 Å². The van der Waals surface area contributed by atoms with Gasteiger partial charge in [0.05, 0.1) is 17.1 Å². The van der Waals surface area contributed by atoms with E-state index >= 15 is 0 Å². The van der Waals surface area contributed by atoms with Gasteiger partial charge in [0.25, 0.3) is 0 Å². The van der Waals surface area contributed by atoms with Crippen molar-refractivity contribution in [1.82, 2.24) is 14.4 Å². The van der Waals surface area contributed by atoms with Gasteiger partial charge in [0.2, 0.25) is 0 Å². The van der Waals surface area contributed by atoms with Crippen molar-refractivity contribution in [1.29, 1.82) is 0 Å². The van der Waals surface area contributed by atoms with Gasteiger partial charge in [-0.3, -0.25) is 4.40 Å². The van der Waals surface area contributed by atoms with Crippen molar-refractivity contribution in [3.05, 3.63) is 72.1 Å². The predicted octanol–water partition coefficient (Wildman–Crippen LogP) is 5.90. The topological polar surface area (TPSA) is 51.5 Å². The average Bonchev–Trinajstić information content (AvgIpc) is 3.51. The van der Waals surface area contributed by atoms with E-state index in [1.54, 1.807) is 28.7 Å². The molecule has 5 rings (SSSR count). The molecule has 1 saturated carbocycles. The third kappa shape index (κ3) is 3.90. The maximum Gasteiger partial charge on any atom is 0.387 e. The second-order valence-corrected chi connectivity index (χ2v) is 7.25. The third-order valence-corrected chi connectivity index (χ3v) is 4.99. The van der Waals surface area contributed by atoms with E-state index in [9.17, 15) is 17.6 Å². The molecule has 0 aliphatic heterocycles. The van der Waals surface area contributed by atoms with Crippen LogP contribution < -0.4 is 10.1 Å². The summed E-state index contributed by atoms with van der Waals surface area (Å²) in [7, 11) is 0. The molecule has 0 unspecified atom stereocenters. The Morgan fingerprint density at radius 3 is 2.61 bits per heavy atom. The molecule has 1 aromatic carbocycles. The minimum atomic E-state index is -3.11. The first-order valence-corrected chi connectivity index (χ1v) is 9.64. The lowest BCUT2D eigenvalue weighted by Crippen LogP contribution is -2.04. The summed E-state index contributed by atoms with van der Waals surface area (Å²) >= 11 is 0. The summed E-state index contributed by atoms with van der Waals surface area (Å²) in [5, 5.41) is 2.95. The Bertz CT molecular complexity index is 1270. The number of anilines is 2. The highest BCUT2D eigenvalue weighted by Gasteiger charge is 2.31. The zero-order valence-corrected chi connectivity index (χ0v) is 16.0. The van der Waals surface area contributed by atoms with Gasteiger partial charge in [-0.1, -0.05) is 6.07 Å². The van der Waals surface area contributed by atoms with Gasteiger partial charge in [0.15, 0.2) is 11.6 Å². The lowest BCUT2D eigenvalue weighted by Gasteiger charge is -2.11. The van der Waals surface area contributed by atoms with Crippen LogP contribution in [0.5, 0.6) is 5.75 Å². The smallest absolute Gasteiger partial charge is 0.387 e. The Morgan fingerprint density at radius 1 is 1.03 bits per heavy atom. The molecule has 1 N–H and O–H groups in total. The number of benzene rings is 1. The third-order valence-electron chi connectivity index (χ3n) is 4.99. The molecule has 0 radical (unpaired) electrons. The van der Waals surface area contributed by atoms with Crippen LogP contribution in [0.2, 0.25) is 0 Å². The number of alkyl halides is 2. The van der Waals surface area contributed by atoms with Gasteiger partial charge in [-0.15, -0.1) is 0 Å². The molecular formula is C22H16F4N4O. The molecule has 4 aromatic rings. The quantitative estimate of drug-likeness (QED) is 0.389. The number of rotatable bonds is 6. The van der Waals surface area contributed by atoms with Crippen LogP contribution in [0.4, 0.5) is 29.1 Å². The number of hydrogen-bond acceptors (Lipinski definition) is 4. The summed E-state index contributed by atoms with van der Waals surface area (Å²) in [6.07, 6.45) is 3.41. The Labute approximate surface area is 174 Å². The van der Waals surface area contributed by atoms with Crippen molar-refractivity contribution in [3.63, 3.8) is 0 Å². The van der Waals surface area contributed by atoms with Crippen LogP contribution in [0.25, 0.3) is 17.0 Å². The molecule has 9 heteroatoms. The van der Waals surface area contributed by atoms with E-state index in [0.717, 1.165) is 30.7 Å². The standard InChI is InChI=1S/C22H16F4N4O/c23-13-6-9-19-29-20(12-4-5-12)21(30(19)11-13)16-2-1-3-18(28-16)27-14-7-8-17(15(24)10-14)31-22(25)26/h1-3,6-12,22H,4-5H2,(H,27,28). The molecule has 1 aliphatic rings. The van der Waals surface area contributed by atoms with E-state index in [4.69, 9.17) is 0 Å². The van der Waals surface area contributed by atoms with Gasteiger partial charge in [0, 0.05) is 23.9 Å². The van der Waals surface area contributed by atoms with Crippen LogP contribution in [0.1, 0.15) is 24.5 Å². The molecule has 158 valence electrons. The molecule has 3 heterocycles. The van der Waals surface area contributed by atoms with E-state index < -0.39 is 18.2 Å². The number of imidazole rings is 1. The summed E-state index contributed by atoms with van der Waals surface area (Å²) < 4.78 is 58.3. The summed E-state index contributed by atoms with van der Waals surface area (Å²) in [5.74, 6) is -1.12. The molecule has 0 amide bonds. The molecular weight excluding hydrogens is 412 g/mol. The van der Waals surface area contributed by atoms with Gasteiger partial charge in [-0.2, -0.15) is 8.78 Å². The van der Waals surface area contributed by atoms with E-state index in [2.05, 4.69) is 20.0 Å². The first-order chi connectivity index (χ1) is 15.0. The normalized spacial score (nSPS) is 13.7. The second kappa shape index (κ2) is 7.57. The number of fused-ring (bicyclic) bond motifs is 1. The Morgan fingerprint density at radius 2 is 1.87 bits per heavy atom. The van der Waals surface area contributed by atoms with E-state index in [1.165, 1.54) is 18.3 Å². The molecule has 1 aliphatic carbocycles. The molecule has 0 bridgehead atoms. The van der Waals surface area contributed by atoms with Gasteiger partial charge in [-0.05, 0) is 49.2 Å². The second-order valence-electron chi connectivity index (χ2n) is 7.25. The molecule has 0 spiro atoms. The highest BCUT2D eigenvalue weighted by atomic mass is 19.3. The van der Waals surface area contributed by atoms with Gasteiger partial charge < -0.3 is 10.1 Å². The molecule has 31 heavy (non-hydrogen) atoms. The van der Waals surface area contributed by atoms with Crippen LogP contribution in [-0.4, -0.2) is 21.0 Å². The average molecular weight is 428 g/mol. The Hall–Kier alpha value is -3.62. The van der Waals surface area contributed by atoms with E-state index in [1.807, 2.05) is 0 Å². The zero-order valence-electron chi connectivity index (χ0n) is 16.0. The van der Waals surface area contributed by atoms with Crippen LogP contribution in [-0.2, 0) is 0 Å². The van der Waals surface area contributed by atoms with E-state index in [0.29, 0.717) is 34.5 Å². The summed E-state index contributed by atoms with van der Waals surface area (Å²) in [5.41, 5.74) is 3.12. The molecule has 3 aromatic heterocycles. The number of hydrogen-bond donors (Lipinski definition) is 1. The predicted molar refractivity (Wildman–Crippen MR) is 107 cm³/mol. The lowest BCUT2D eigenvalue weighted by atomic mass is 10.1. The fraction of sp³-hybridized carbons (Fsp3) is 0.182. The number of halogens is 4. The van der Waals surface area contributed by atoms with Gasteiger partial charge >= 0.3 is 6.61 Å². The number of aromatic nitrogens is 3. The number of pyridine rings is 2.